The zero-order valence-corrected chi connectivity index (χ0v) is 10.2. The molecule has 100 valence electrons. The van der Waals surface area contributed by atoms with Gasteiger partial charge in [0.1, 0.15) is 0 Å². The average molecular weight is 253 g/mol. The topological polar surface area (TPSA) is 38.3 Å². The summed E-state index contributed by atoms with van der Waals surface area (Å²) < 4.78 is 40.7. The lowest BCUT2D eigenvalue weighted by atomic mass is 9.94. The molecular formula is C11H18F3NO2. The van der Waals surface area contributed by atoms with E-state index in [9.17, 15) is 18.0 Å². The number of hydrogen-bond acceptors (Lipinski definition) is 2. The van der Waals surface area contributed by atoms with Crippen molar-refractivity contribution < 1.29 is 22.7 Å². The van der Waals surface area contributed by atoms with Crippen LogP contribution in [0.5, 0.6) is 0 Å². The van der Waals surface area contributed by atoms with Crippen LogP contribution < -0.4 is 5.32 Å². The zero-order valence-electron chi connectivity index (χ0n) is 10.2. The maximum absolute atomic E-state index is 12.1. The average Bonchev–Trinajstić information content (AvgIpc) is 2.21. The monoisotopic (exact) mass is 253 g/mol. The summed E-state index contributed by atoms with van der Waals surface area (Å²) in [5.41, 5.74) is 0.555. The molecule has 0 radical (unpaired) electrons. The second-order valence-electron chi connectivity index (χ2n) is 4.07. The number of carbonyl (C=O) groups excluding carboxylic acids is 1. The Morgan fingerprint density at radius 2 is 1.94 bits per heavy atom. The van der Waals surface area contributed by atoms with Crippen molar-refractivity contribution in [2.75, 3.05) is 7.11 Å². The lowest BCUT2D eigenvalue weighted by Gasteiger charge is -2.23. The Labute approximate surface area is 99.0 Å². The molecule has 0 saturated heterocycles. The maximum Gasteiger partial charge on any atom is 0.407 e. The summed E-state index contributed by atoms with van der Waals surface area (Å²) in [4.78, 5) is 11.0. The van der Waals surface area contributed by atoms with E-state index in [1.54, 1.807) is 0 Å². The lowest BCUT2D eigenvalue weighted by molar-refractivity contribution is -0.136. The van der Waals surface area contributed by atoms with Crippen molar-refractivity contribution >= 4 is 6.09 Å². The molecule has 0 heterocycles. The standard InChI is InChI=1S/C11H18F3NO2/c1-7(2)8(3)9(15-10(16)17-4)5-6-11(12,13)14/h7,9H,3,5-6H2,1-2,4H3,(H,15,16). The molecule has 0 saturated carbocycles. The van der Waals surface area contributed by atoms with Gasteiger partial charge in [-0.2, -0.15) is 13.2 Å². The Bertz CT molecular complexity index is 274. The van der Waals surface area contributed by atoms with Gasteiger partial charge in [-0.15, -0.1) is 0 Å². The number of methoxy groups -OCH3 is 1. The number of carbonyl (C=O) groups is 1. The lowest BCUT2D eigenvalue weighted by Crippen LogP contribution is -2.38. The van der Waals surface area contributed by atoms with Crippen LogP contribution >= 0.6 is 0 Å². The molecule has 0 aliphatic heterocycles. The molecule has 1 atom stereocenters. The molecule has 0 rings (SSSR count). The highest BCUT2D eigenvalue weighted by atomic mass is 19.4. The van der Waals surface area contributed by atoms with E-state index in [0.29, 0.717) is 5.57 Å². The fraction of sp³-hybridized carbons (Fsp3) is 0.727. The SMILES string of the molecule is C=C(C(C)C)C(CCC(F)(F)F)NC(=O)OC. The van der Waals surface area contributed by atoms with E-state index < -0.39 is 24.7 Å². The first-order valence-electron chi connectivity index (χ1n) is 5.27. The van der Waals surface area contributed by atoms with E-state index in [2.05, 4.69) is 16.6 Å². The van der Waals surface area contributed by atoms with Crippen LogP contribution in [0.1, 0.15) is 26.7 Å². The molecule has 0 spiro atoms. The summed E-state index contributed by atoms with van der Waals surface area (Å²) in [6.07, 6.45) is -6.19. The van der Waals surface area contributed by atoms with Crippen LogP contribution in [0, 0.1) is 5.92 Å². The van der Waals surface area contributed by atoms with E-state index in [4.69, 9.17) is 0 Å². The quantitative estimate of drug-likeness (QED) is 0.764. The first-order chi connectivity index (χ1) is 7.67. The Morgan fingerprint density at radius 1 is 1.41 bits per heavy atom. The Hall–Kier alpha value is -1.20. The Balaban J connectivity index is 4.51. The molecule has 0 aliphatic rings. The van der Waals surface area contributed by atoms with Gasteiger partial charge in [-0.25, -0.2) is 4.79 Å². The van der Waals surface area contributed by atoms with Gasteiger partial charge in [-0.3, -0.25) is 0 Å². The van der Waals surface area contributed by atoms with E-state index >= 15 is 0 Å². The van der Waals surface area contributed by atoms with E-state index in [1.807, 2.05) is 13.8 Å². The zero-order chi connectivity index (χ0) is 13.6. The first-order valence-corrected chi connectivity index (χ1v) is 5.27. The Morgan fingerprint density at radius 3 is 2.29 bits per heavy atom. The molecular weight excluding hydrogens is 235 g/mol. The highest BCUT2D eigenvalue weighted by molar-refractivity contribution is 5.67. The summed E-state index contributed by atoms with van der Waals surface area (Å²) in [5, 5.41) is 2.36. The van der Waals surface area contributed by atoms with Crippen LogP contribution in [-0.2, 0) is 4.74 Å². The van der Waals surface area contributed by atoms with Gasteiger partial charge in [0.05, 0.1) is 13.2 Å². The van der Waals surface area contributed by atoms with Crippen LogP contribution in [0.2, 0.25) is 0 Å². The molecule has 1 amide bonds. The van der Waals surface area contributed by atoms with Gasteiger partial charge in [-0.05, 0) is 12.3 Å². The summed E-state index contributed by atoms with van der Waals surface area (Å²) in [6.45, 7) is 7.32. The Kier molecular flexibility index (Phi) is 6.05. The van der Waals surface area contributed by atoms with Crippen molar-refractivity contribution in [3.05, 3.63) is 12.2 Å². The van der Waals surface area contributed by atoms with Crippen molar-refractivity contribution in [1.82, 2.24) is 5.32 Å². The van der Waals surface area contributed by atoms with Crippen LogP contribution in [0.3, 0.4) is 0 Å². The summed E-state index contributed by atoms with van der Waals surface area (Å²) in [6, 6.07) is -0.718. The normalized spacial score (nSPS) is 13.4. The fourth-order valence-electron chi connectivity index (χ4n) is 1.26. The minimum absolute atomic E-state index is 0.00890. The van der Waals surface area contributed by atoms with Gasteiger partial charge >= 0.3 is 12.3 Å². The molecule has 0 aromatic rings. The summed E-state index contributed by atoms with van der Waals surface area (Å²) in [5.74, 6) is -0.00890. The predicted molar refractivity (Wildman–Crippen MR) is 58.6 cm³/mol. The largest absolute Gasteiger partial charge is 0.453 e. The number of alkyl halides is 3. The third kappa shape index (κ3) is 6.86. The van der Waals surface area contributed by atoms with Gasteiger partial charge < -0.3 is 10.1 Å². The number of nitrogens with one attached hydrogen (secondary N) is 1. The predicted octanol–water partition coefficient (Wildman–Crippen LogP) is 3.27. The van der Waals surface area contributed by atoms with Crippen molar-refractivity contribution in [2.24, 2.45) is 5.92 Å². The molecule has 0 aliphatic carbocycles. The number of rotatable bonds is 5. The van der Waals surface area contributed by atoms with Crippen LogP contribution in [0.25, 0.3) is 0 Å². The number of halogens is 3. The third-order valence-electron chi connectivity index (χ3n) is 2.38. The number of ether oxygens (including phenoxy) is 1. The van der Waals surface area contributed by atoms with Gasteiger partial charge in [0.2, 0.25) is 0 Å². The fourth-order valence-corrected chi connectivity index (χ4v) is 1.26. The van der Waals surface area contributed by atoms with Gasteiger partial charge in [-0.1, -0.05) is 26.0 Å². The van der Waals surface area contributed by atoms with E-state index in [1.165, 1.54) is 0 Å². The van der Waals surface area contributed by atoms with Gasteiger partial charge in [0.25, 0.3) is 0 Å². The minimum Gasteiger partial charge on any atom is -0.453 e. The summed E-state index contributed by atoms with van der Waals surface area (Å²) >= 11 is 0. The molecule has 0 fully saturated rings. The highest BCUT2D eigenvalue weighted by Gasteiger charge is 2.30. The van der Waals surface area contributed by atoms with Crippen molar-refractivity contribution in [2.45, 2.75) is 38.9 Å². The van der Waals surface area contributed by atoms with Crippen LogP contribution in [0.4, 0.5) is 18.0 Å². The molecule has 0 aromatic carbocycles. The maximum atomic E-state index is 12.1. The van der Waals surface area contributed by atoms with Gasteiger partial charge in [0.15, 0.2) is 0 Å². The molecule has 0 aromatic heterocycles. The summed E-state index contributed by atoms with van der Waals surface area (Å²) in [7, 11) is 1.16. The molecule has 3 nitrogen and oxygen atoms in total. The number of alkyl carbamates (subject to hydrolysis) is 1. The molecule has 1 N–H and O–H groups in total. The van der Waals surface area contributed by atoms with Crippen LogP contribution in [0.15, 0.2) is 12.2 Å². The number of amides is 1. The first kappa shape index (κ1) is 15.8. The second kappa shape index (κ2) is 6.51. The van der Waals surface area contributed by atoms with Crippen molar-refractivity contribution in [3.8, 4) is 0 Å². The van der Waals surface area contributed by atoms with Crippen molar-refractivity contribution in [1.29, 1.82) is 0 Å². The smallest absolute Gasteiger partial charge is 0.407 e. The van der Waals surface area contributed by atoms with Crippen LogP contribution in [-0.4, -0.2) is 25.4 Å². The molecule has 17 heavy (non-hydrogen) atoms. The van der Waals surface area contributed by atoms with E-state index in [0.717, 1.165) is 7.11 Å². The molecule has 1 unspecified atom stereocenters. The van der Waals surface area contributed by atoms with Crippen molar-refractivity contribution in [3.63, 3.8) is 0 Å². The van der Waals surface area contributed by atoms with Gasteiger partial charge in [0, 0.05) is 6.42 Å². The molecule has 0 bridgehead atoms. The number of hydrogen-bond donors (Lipinski definition) is 1. The molecule has 6 heteroatoms. The van der Waals surface area contributed by atoms with E-state index in [-0.39, 0.29) is 12.3 Å². The highest BCUT2D eigenvalue weighted by Crippen LogP contribution is 2.25. The third-order valence-corrected chi connectivity index (χ3v) is 2.38. The minimum atomic E-state index is -4.24. The second-order valence-corrected chi connectivity index (χ2v) is 4.07.